The number of aliphatic hydroxyl groups excluding tert-OH is 1. The minimum Gasteiger partial charge on any atom is -0.462 e. The molecule has 3 N–H and O–H groups in total. The number of nitrogens with zero attached hydrogens (tertiary/aromatic N) is 1. The number of carbonyl (C=O) groups excluding carboxylic acids is 2. The van der Waals surface area contributed by atoms with Gasteiger partial charge >= 0.3 is 5.97 Å². The fraction of sp³-hybridized carbons (Fsp3) is 0.389. The molecule has 0 aliphatic carbocycles. The number of hydrogen-bond donors (Lipinski definition) is 3. The number of aromatic nitrogens is 1. The number of benzene rings is 1. The summed E-state index contributed by atoms with van der Waals surface area (Å²) in [5.74, 6) is -0.635. The van der Waals surface area contributed by atoms with Crippen molar-refractivity contribution in [2.45, 2.75) is 26.0 Å². The fourth-order valence-corrected chi connectivity index (χ4v) is 3.72. The number of thiazole rings is 1. The lowest BCUT2D eigenvalue weighted by molar-refractivity contribution is 0.0531. The molecule has 0 radical (unpaired) electrons. The van der Waals surface area contributed by atoms with E-state index in [0.717, 1.165) is 5.56 Å². The Morgan fingerprint density at radius 1 is 1.42 bits per heavy atom. The van der Waals surface area contributed by atoms with E-state index >= 15 is 0 Å². The standard InChI is InChI=1S/C18H21N3O4S/c1-3-25-18(24)15-10(2)20-17(26-15)12-6-4-5-11(7-12)16(23)21-13-8-19-9-14(13)22/h4-7,13-14,19,22H,3,8-9H2,1-2H3,(H,21,23)/t13-,14-/m1/s1. The largest absolute Gasteiger partial charge is 0.462 e. The van der Waals surface area contributed by atoms with Gasteiger partial charge in [0, 0.05) is 24.2 Å². The molecule has 1 saturated heterocycles. The third kappa shape index (κ3) is 3.92. The summed E-state index contributed by atoms with van der Waals surface area (Å²) in [7, 11) is 0. The van der Waals surface area contributed by atoms with Gasteiger partial charge in [-0.25, -0.2) is 9.78 Å². The first-order valence-corrected chi connectivity index (χ1v) is 9.26. The van der Waals surface area contributed by atoms with Crippen molar-refractivity contribution in [3.8, 4) is 10.6 Å². The van der Waals surface area contributed by atoms with Crippen LogP contribution < -0.4 is 10.6 Å². The Balaban J connectivity index is 1.80. The van der Waals surface area contributed by atoms with Crippen LogP contribution in [0.3, 0.4) is 0 Å². The zero-order chi connectivity index (χ0) is 18.7. The average Bonchev–Trinajstić information content (AvgIpc) is 3.21. The van der Waals surface area contributed by atoms with Crippen LogP contribution in [0.15, 0.2) is 24.3 Å². The van der Waals surface area contributed by atoms with E-state index in [-0.39, 0.29) is 17.9 Å². The molecule has 1 aliphatic heterocycles. The molecule has 0 spiro atoms. The van der Waals surface area contributed by atoms with Crippen molar-refractivity contribution >= 4 is 23.2 Å². The van der Waals surface area contributed by atoms with E-state index < -0.39 is 6.10 Å². The summed E-state index contributed by atoms with van der Waals surface area (Å²) in [4.78, 5) is 29.3. The van der Waals surface area contributed by atoms with Gasteiger partial charge in [-0.2, -0.15) is 0 Å². The van der Waals surface area contributed by atoms with E-state index in [1.165, 1.54) is 11.3 Å². The van der Waals surface area contributed by atoms with Crippen LogP contribution in [0.2, 0.25) is 0 Å². The minimum absolute atomic E-state index is 0.251. The van der Waals surface area contributed by atoms with Crippen LogP contribution in [0, 0.1) is 6.92 Å². The van der Waals surface area contributed by atoms with E-state index in [4.69, 9.17) is 4.74 Å². The summed E-state index contributed by atoms with van der Waals surface area (Å²) in [6.07, 6.45) is -0.587. The van der Waals surface area contributed by atoms with Gasteiger partial charge in [0.2, 0.25) is 0 Å². The smallest absolute Gasteiger partial charge is 0.350 e. The summed E-state index contributed by atoms with van der Waals surface area (Å²) in [5, 5.41) is 16.3. The minimum atomic E-state index is -0.587. The summed E-state index contributed by atoms with van der Waals surface area (Å²) in [6.45, 7) is 4.84. The van der Waals surface area contributed by atoms with Gasteiger partial charge in [-0.1, -0.05) is 12.1 Å². The number of aryl methyl sites for hydroxylation is 1. The molecule has 2 aromatic rings. The molecule has 0 unspecified atom stereocenters. The predicted octanol–water partition coefficient (Wildman–Crippen LogP) is 1.36. The fourth-order valence-electron chi connectivity index (χ4n) is 2.76. The molecule has 1 aliphatic rings. The van der Waals surface area contributed by atoms with Crippen LogP contribution in [0.5, 0.6) is 0 Å². The molecule has 26 heavy (non-hydrogen) atoms. The zero-order valence-electron chi connectivity index (χ0n) is 14.6. The van der Waals surface area contributed by atoms with E-state index in [1.54, 1.807) is 32.0 Å². The van der Waals surface area contributed by atoms with Crippen LogP contribution in [0.25, 0.3) is 10.6 Å². The summed E-state index contributed by atoms with van der Waals surface area (Å²) in [5.41, 5.74) is 1.84. The van der Waals surface area contributed by atoms with Crippen molar-refractivity contribution < 1.29 is 19.4 Å². The Morgan fingerprint density at radius 3 is 2.92 bits per heavy atom. The Labute approximate surface area is 155 Å². The number of hydrogen-bond acceptors (Lipinski definition) is 7. The highest BCUT2D eigenvalue weighted by molar-refractivity contribution is 7.17. The quantitative estimate of drug-likeness (QED) is 0.682. The summed E-state index contributed by atoms with van der Waals surface area (Å²) < 4.78 is 5.04. The van der Waals surface area contributed by atoms with Crippen molar-refractivity contribution in [3.63, 3.8) is 0 Å². The molecule has 3 rings (SSSR count). The lowest BCUT2D eigenvalue weighted by Gasteiger charge is -2.15. The lowest BCUT2D eigenvalue weighted by Crippen LogP contribution is -2.42. The van der Waals surface area contributed by atoms with Crippen molar-refractivity contribution in [1.29, 1.82) is 0 Å². The summed E-state index contributed by atoms with van der Waals surface area (Å²) in [6, 6.07) is 6.76. The van der Waals surface area contributed by atoms with Gasteiger partial charge in [-0.05, 0) is 26.0 Å². The number of aliphatic hydroxyl groups is 1. The number of nitrogens with one attached hydrogen (secondary N) is 2. The zero-order valence-corrected chi connectivity index (χ0v) is 15.4. The normalized spacial score (nSPS) is 19.3. The van der Waals surface area contributed by atoms with Crippen LogP contribution in [-0.4, -0.2) is 53.8 Å². The van der Waals surface area contributed by atoms with Gasteiger partial charge < -0.3 is 20.5 Å². The summed E-state index contributed by atoms with van der Waals surface area (Å²) >= 11 is 1.25. The first-order chi connectivity index (χ1) is 12.5. The third-order valence-electron chi connectivity index (χ3n) is 4.13. The molecule has 1 aromatic heterocycles. The Morgan fingerprint density at radius 2 is 2.23 bits per heavy atom. The molecule has 2 heterocycles. The molecule has 138 valence electrons. The van der Waals surface area contributed by atoms with E-state index in [0.29, 0.717) is 40.8 Å². The number of ether oxygens (including phenoxy) is 1. The lowest BCUT2D eigenvalue weighted by atomic mass is 10.1. The Kier molecular flexibility index (Phi) is 5.65. The third-order valence-corrected chi connectivity index (χ3v) is 5.31. The molecule has 2 atom stereocenters. The SMILES string of the molecule is CCOC(=O)c1sc(-c2cccc(C(=O)N[C@@H]3CNC[C@H]3O)c2)nc1C. The second-order valence-corrected chi connectivity index (χ2v) is 7.04. The molecular weight excluding hydrogens is 354 g/mol. The molecule has 8 heteroatoms. The maximum Gasteiger partial charge on any atom is 0.350 e. The Hall–Kier alpha value is -2.29. The molecule has 1 aromatic carbocycles. The van der Waals surface area contributed by atoms with Gasteiger partial charge in [0.15, 0.2) is 0 Å². The highest BCUT2D eigenvalue weighted by Gasteiger charge is 2.26. The van der Waals surface area contributed by atoms with Crippen molar-refractivity contribution in [3.05, 3.63) is 40.4 Å². The van der Waals surface area contributed by atoms with Gasteiger partial charge in [-0.3, -0.25) is 4.79 Å². The molecule has 1 amide bonds. The second kappa shape index (κ2) is 7.94. The molecule has 0 bridgehead atoms. The number of amides is 1. The average molecular weight is 375 g/mol. The first-order valence-electron chi connectivity index (χ1n) is 8.44. The van der Waals surface area contributed by atoms with Crippen molar-refractivity contribution in [1.82, 2.24) is 15.6 Å². The number of β-amino-alcohol motifs (C(OH)–C–C–N with tert-alkyl or cyclic N) is 1. The van der Waals surface area contributed by atoms with E-state index in [2.05, 4.69) is 15.6 Å². The van der Waals surface area contributed by atoms with Crippen molar-refractivity contribution in [2.75, 3.05) is 19.7 Å². The predicted molar refractivity (Wildman–Crippen MR) is 98.4 cm³/mol. The maximum absolute atomic E-state index is 12.5. The Bertz CT molecular complexity index is 821. The van der Waals surface area contributed by atoms with Gasteiger partial charge in [0.25, 0.3) is 5.91 Å². The van der Waals surface area contributed by atoms with Crippen LogP contribution in [0.4, 0.5) is 0 Å². The number of carbonyl (C=O) groups is 2. The molecule has 0 saturated carbocycles. The molecular formula is C18H21N3O4S. The molecule has 7 nitrogen and oxygen atoms in total. The second-order valence-electron chi connectivity index (χ2n) is 6.04. The maximum atomic E-state index is 12.5. The van der Waals surface area contributed by atoms with Gasteiger partial charge in [0.1, 0.15) is 9.88 Å². The van der Waals surface area contributed by atoms with Gasteiger partial charge in [0.05, 0.1) is 24.4 Å². The monoisotopic (exact) mass is 375 g/mol. The highest BCUT2D eigenvalue weighted by Crippen LogP contribution is 2.29. The van der Waals surface area contributed by atoms with Crippen molar-refractivity contribution in [2.24, 2.45) is 0 Å². The number of rotatable bonds is 5. The first kappa shape index (κ1) is 18.5. The highest BCUT2D eigenvalue weighted by atomic mass is 32.1. The molecule has 1 fully saturated rings. The topological polar surface area (TPSA) is 101 Å². The van der Waals surface area contributed by atoms with Crippen LogP contribution in [-0.2, 0) is 4.74 Å². The van der Waals surface area contributed by atoms with E-state index in [9.17, 15) is 14.7 Å². The van der Waals surface area contributed by atoms with Crippen LogP contribution >= 0.6 is 11.3 Å². The van der Waals surface area contributed by atoms with Gasteiger partial charge in [-0.15, -0.1) is 11.3 Å². The van der Waals surface area contributed by atoms with Crippen LogP contribution in [0.1, 0.15) is 32.6 Å². The number of esters is 1. The van der Waals surface area contributed by atoms with E-state index in [1.807, 2.05) is 6.07 Å².